The standard InChI is InChI=1S/C15H23NO3S2/c1-2-20-15-7-6-14(9-15)16-21(18,19)11-13-5-3-4-12(8-13)10-17/h3-5,8,14-17H,2,6-7,9-11H2,1H3. The lowest BCUT2D eigenvalue weighted by atomic mass is 10.1. The van der Waals surface area contributed by atoms with E-state index in [1.807, 2.05) is 11.8 Å². The first-order chi connectivity index (χ1) is 10.0. The van der Waals surface area contributed by atoms with Crippen molar-refractivity contribution in [2.75, 3.05) is 5.75 Å². The van der Waals surface area contributed by atoms with E-state index in [9.17, 15) is 8.42 Å². The quantitative estimate of drug-likeness (QED) is 0.805. The van der Waals surface area contributed by atoms with Crippen molar-refractivity contribution in [3.8, 4) is 0 Å². The van der Waals surface area contributed by atoms with E-state index in [-0.39, 0.29) is 18.4 Å². The Morgan fingerprint density at radius 3 is 2.81 bits per heavy atom. The average Bonchev–Trinajstić information content (AvgIpc) is 2.85. The third-order valence-electron chi connectivity index (χ3n) is 3.66. The Balaban J connectivity index is 1.93. The minimum atomic E-state index is -3.32. The number of aliphatic hydroxyl groups excluding tert-OH is 1. The first-order valence-electron chi connectivity index (χ1n) is 7.32. The Morgan fingerprint density at radius 2 is 2.10 bits per heavy atom. The van der Waals surface area contributed by atoms with Crippen LogP contribution in [0.4, 0.5) is 0 Å². The van der Waals surface area contributed by atoms with Crippen molar-refractivity contribution in [3.63, 3.8) is 0 Å². The molecule has 1 fully saturated rings. The summed E-state index contributed by atoms with van der Waals surface area (Å²) in [5.41, 5.74) is 1.45. The van der Waals surface area contributed by atoms with Crippen molar-refractivity contribution in [1.82, 2.24) is 4.72 Å². The lowest BCUT2D eigenvalue weighted by Crippen LogP contribution is -2.34. The molecular weight excluding hydrogens is 306 g/mol. The van der Waals surface area contributed by atoms with Crippen LogP contribution in [0.3, 0.4) is 0 Å². The van der Waals surface area contributed by atoms with Gasteiger partial charge >= 0.3 is 0 Å². The van der Waals surface area contributed by atoms with Gasteiger partial charge in [-0.1, -0.05) is 31.2 Å². The summed E-state index contributed by atoms with van der Waals surface area (Å²) >= 11 is 1.91. The molecule has 0 aliphatic heterocycles. The molecular formula is C15H23NO3S2. The van der Waals surface area contributed by atoms with Crippen molar-refractivity contribution < 1.29 is 13.5 Å². The Labute approximate surface area is 131 Å². The molecule has 1 aromatic rings. The van der Waals surface area contributed by atoms with Gasteiger partial charge in [-0.25, -0.2) is 13.1 Å². The fraction of sp³-hybridized carbons (Fsp3) is 0.600. The highest BCUT2D eigenvalue weighted by Crippen LogP contribution is 2.30. The summed E-state index contributed by atoms with van der Waals surface area (Å²) in [7, 11) is -3.32. The second kappa shape index (κ2) is 7.63. The van der Waals surface area contributed by atoms with Crippen molar-refractivity contribution in [2.45, 2.75) is 49.8 Å². The Kier molecular flexibility index (Phi) is 6.10. The predicted octanol–water partition coefficient (Wildman–Crippen LogP) is 2.27. The highest BCUT2D eigenvalue weighted by molar-refractivity contribution is 7.99. The summed E-state index contributed by atoms with van der Waals surface area (Å²) in [6, 6.07) is 7.15. The van der Waals surface area contributed by atoms with Crippen LogP contribution in [0.2, 0.25) is 0 Å². The fourth-order valence-corrected chi connectivity index (χ4v) is 5.33. The number of hydrogen-bond acceptors (Lipinski definition) is 4. The molecule has 0 radical (unpaired) electrons. The SMILES string of the molecule is CCSC1CCC(NS(=O)(=O)Cc2cccc(CO)c2)C1. The van der Waals surface area contributed by atoms with Gasteiger partial charge in [0.2, 0.25) is 10.0 Å². The van der Waals surface area contributed by atoms with E-state index < -0.39 is 10.0 Å². The van der Waals surface area contributed by atoms with E-state index in [1.54, 1.807) is 24.3 Å². The van der Waals surface area contributed by atoms with Crippen molar-refractivity contribution >= 4 is 21.8 Å². The second-order valence-corrected chi connectivity index (χ2v) is 8.77. The van der Waals surface area contributed by atoms with Gasteiger partial charge in [0, 0.05) is 11.3 Å². The highest BCUT2D eigenvalue weighted by atomic mass is 32.2. The minimum Gasteiger partial charge on any atom is -0.392 e. The number of rotatable bonds is 7. The summed E-state index contributed by atoms with van der Waals surface area (Å²) in [4.78, 5) is 0. The maximum Gasteiger partial charge on any atom is 0.216 e. The van der Waals surface area contributed by atoms with Crippen LogP contribution in [-0.4, -0.2) is 30.6 Å². The molecule has 6 heteroatoms. The van der Waals surface area contributed by atoms with Gasteiger partial charge in [0.15, 0.2) is 0 Å². The molecule has 21 heavy (non-hydrogen) atoms. The van der Waals surface area contributed by atoms with E-state index in [4.69, 9.17) is 5.11 Å². The van der Waals surface area contributed by atoms with Gasteiger partial charge < -0.3 is 5.11 Å². The lowest BCUT2D eigenvalue weighted by Gasteiger charge is -2.14. The first kappa shape index (κ1) is 16.8. The second-order valence-electron chi connectivity index (χ2n) is 5.44. The Bertz CT molecular complexity index is 560. The molecule has 1 aromatic carbocycles. The summed E-state index contributed by atoms with van der Waals surface area (Å²) < 4.78 is 27.3. The van der Waals surface area contributed by atoms with E-state index in [0.717, 1.165) is 30.6 Å². The molecule has 0 saturated heterocycles. The summed E-state index contributed by atoms with van der Waals surface area (Å²) in [5, 5.41) is 9.69. The fourth-order valence-electron chi connectivity index (χ4n) is 2.77. The van der Waals surface area contributed by atoms with Gasteiger partial charge in [-0.15, -0.1) is 0 Å². The van der Waals surface area contributed by atoms with Crippen molar-refractivity contribution in [2.24, 2.45) is 0 Å². The van der Waals surface area contributed by atoms with Crippen LogP contribution in [0.15, 0.2) is 24.3 Å². The van der Waals surface area contributed by atoms with E-state index in [1.165, 1.54) is 0 Å². The zero-order valence-electron chi connectivity index (χ0n) is 12.3. The normalized spacial score (nSPS) is 22.6. The van der Waals surface area contributed by atoms with Crippen LogP contribution in [0.25, 0.3) is 0 Å². The molecule has 0 heterocycles. The zero-order valence-corrected chi connectivity index (χ0v) is 13.9. The molecule has 0 bridgehead atoms. The van der Waals surface area contributed by atoms with Crippen LogP contribution in [-0.2, 0) is 22.4 Å². The van der Waals surface area contributed by atoms with Gasteiger partial charge in [-0.2, -0.15) is 11.8 Å². The molecule has 0 amide bonds. The first-order valence-corrected chi connectivity index (χ1v) is 10.0. The Morgan fingerprint density at radius 1 is 1.33 bits per heavy atom. The number of nitrogens with one attached hydrogen (secondary N) is 1. The molecule has 4 nitrogen and oxygen atoms in total. The minimum absolute atomic E-state index is 0.0249. The van der Waals surface area contributed by atoms with Crippen molar-refractivity contribution in [3.05, 3.63) is 35.4 Å². The molecule has 0 aromatic heterocycles. The molecule has 1 saturated carbocycles. The largest absolute Gasteiger partial charge is 0.392 e. The molecule has 2 N–H and O–H groups in total. The third-order valence-corrected chi connectivity index (χ3v) is 6.30. The zero-order chi connectivity index (χ0) is 15.3. The van der Waals surface area contributed by atoms with Crippen LogP contribution in [0.5, 0.6) is 0 Å². The number of sulfonamides is 1. The van der Waals surface area contributed by atoms with Gasteiger partial charge in [0.1, 0.15) is 0 Å². The summed E-state index contributed by atoms with van der Waals surface area (Å²) in [5.74, 6) is 1.06. The van der Waals surface area contributed by atoms with Gasteiger partial charge in [-0.05, 0) is 36.1 Å². The summed E-state index contributed by atoms with van der Waals surface area (Å²) in [6.07, 6.45) is 2.94. The third kappa shape index (κ3) is 5.29. The lowest BCUT2D eigenvalue weighted by molar-refractivity contribution is 0.282. The smallest absolute Gasteiger partial charge is 0.216 e. The summed E-state index contributed by atoms with van der Waals surface area (Å²) in [6.45, 7) is 2.07. The van der Waals surface area contributed by atoms with Crippen molar-refractivity contribution in [1.29, 1.82) is 0 Å². The van der Waals surface area contributed by atoms with E-state index in [0.29, 0.717) is 10.8 Å². The maximum atomic E-state index is 12.2. The van der Waals surface area contributed by atoms with E-state index in [2.05, 4.69) is 11.6 Å². The maximum absolute atomic E-state index is 12.2. The highest BCUT2D eigenvalue weighted by Gasteiger charge is 2.27. The van der Waals surface area contributed by atoms with Gasteiger partial charge in [-0.3, -0.25) is 0 Å². The van der Waals surface area contributed by atoms with Crippen LogP contribution in [0, 0.1) is 0 Å². The number of benzene rings is 1. The molecule has 118 valence electrons. The molecule has 2 rings (SSSR count). The molecule has 0 spiro atoms. The van der Waals surface area contributed by atoms with Crippen LogP contribution in [0.1, 0.15) is 37.3 Å². The van der Waals surface area contributed by atoms with Crippen LogP contribution < -0.4 is 4.72 Å². The predicted molar refractivity (Wildman–Crippen MR) is 87.7 cm³/mol. The van der Waals surface area contributed by atoms with Gasteiger partial charge in [0.05, 0.1) is 12.4 Å². The van der Waals surface area contributed by atoms with Crippen LogP contribution >= 0.6 is 11.8 Å². The van der Waals surface area contributed by atoms with Gasteiger partial charge in [0.25, 0.3) is 0 Å². The molecule has 1 aliphatic rings. The van der Waals surface area contributed by atoms with E-state index >= 15 is 0 Å². The number of aliphatic hydroxyl groups is 1. The topological polar surface area (TPSA) is 66.4 Å². The average molecular weight is 329 g/mol. The molecule has 1 aliphatic carbocycles. The molecule has 2 atom stereocenters. The number of thioether (sulfide) groups is 1. The monoisotopic (exact) mass is 329 g/mol. The molecule has 2 unspecified atom stereocenters. The Hall–Kier alpha value is -0.560. The number of hydrogen-bond donors (Lipinski definition) is 2.